The fourth-order valence-electron chi connectivity index (χ4n) is 2.27. The fraction of sp³-hybridized carbons (Fsp3) is 0.118. The van der Waals surface area contributed by atoms with Gasteiger partial charge in [0, 0.05) is 29.1 Å². The van der Waals surface area contributed by atoms with E-state index in [4.69, 9.17) is 11.6 Å². The molecule has 1 unspecified atom stereocenters. The molecular weight excluding hydrogens is 292 g/mol. The normalized spacial score (nSPS) is 12.5. The lowest BCUT2D eigenvalue weighted by Crippen LogP contribution is -2.01. The quantitative estimate of drug-likeness (QED) is 0.618. The van der Waals surface area contributed by atoms with Gasteiger partial charge in [0.25, 0.3) is 0 Å². The molecule has 0 amide bonds. The molecule has 1 atom stereocenters. The first-order valence-corrected chi connectivity index (χ1v) is 7.01. The number of nitrogens with zero attached hydrogens (tertiary/aromatic N) is 1. The summed E-state index contributed by atoms with van der Waals surface area (Å²) < 4.78 is 26.6. The molecule has 21 heavy (non-hydrogen) atoms. The minimum absolute atomic E-state index is 0.285. The predicted molar refractivity (Wildman–Crippen MR) is 80.4 cm³/mol. The van der Waals surface area contributed by atoms with Crippen LogP contribution in [0.4, 0.5) is 8.78 Å². The Labute approximate surface area is 126 Å². The van der Waals surface area contributed by atoms with Gasteiger partial charge in [0.1, 0.15) is 11.6 Å². The molecule has 3 rings (SSSR count). The summed E-state index contributed by atoms with van der Waals surface area (Å²) in [6, 6.07) is 15.0. The highest BCUT2D eigenvalue weighted by atomic mass is 35.5. The molecule has 0 aliphatic carbocycles. The number of hydrogen-bond donors (Lipinski definition) is 0. The van der Waals surface area contributed by atoms with Crippen molar-refractivity contribution in [3.63, 3.8) is 0 Å². The minimum Gasteiger partial charge on any atom is -0.253 e. The maximum absolute atomic E-state index is 13.7. The summed E-state index contributed by atoms with van der Waals surface area (Å²) in [5, 5.41) is 0.458. The van der Waals surface area contributed by atoms with Crippen LogP contribution in [-0.2, 0) is 6.42 Å². The zero-order valence-corrected chi connectivity index (χ0v) is 11.8. The Kier molecular flexibility index (Phi) is 3.84. The molecule has 0 saturated carbocycles. The molecule has 106 valence electrons. The van der Waals surface area contributed by atoms with Gasteiger partial charge in [0.15, 0.2) is 0 Å². The van der Waals surface area contributed by atoms with Gasteiger partial charge < -0.3 is 0 Å². The van der Waals surface area contributed by atoms with Gasteiger partial charge >= 0.3 is 0 Å². The molecule has 0 N–H and O–H groups in total. The number of benzene rings is 2. The molecule has 1 aromatic heterocycles. The van der Waals surface area contributed by atoms with Crippen LogP contribution in [0, 0.1) is 11.6 Å². The monoisotopic (exact) mass is 303 g/mol. The fourth-order valence-corrected chi connectivity index (χ4v) is 2.61. The average molecular weight is 304 g/mol. The summed E-state index contributed by atoms with van der Waals surface area (Å²) in [5.41, 5.74) is 1.93. The van der Waals surface area contributed by atoms with E-state index in [1.165, 1.54) is 12.1 Å². The number of halogens is 3. The topological polar surface area (TPSA) is 12.9 Å². The summed E-state index contributed by atoms with van der Waals surface area (Å²) in [5.74, 6) is -1.24. The van der Waals surface area contributed by atoms with Gasteiger partial charge in [-0.1, -0.05) is 30.3 Å². The van der Waals surface area contributed by atoms with E-state index < -0.39 is 17.0 Å². The van der Waals surface area contributed by atoms with Crippen LogP contribution in [0.5, 0.6) is 0 Å². The molecule has 0 fully saturated rings. The van der Waals surface area contributed by atoms with E-state index in [1.807, 2.05) is 36.4 Å². The van der Waals surface area contributed by atoms with Crippen LogP contribution in [-0.4, -0.2) is 4.98 Å². The van der Waals surface area contributed by atoms with Gasteiger partial charge in [0.05, 0.1) is 10.9 Å². The van der Waals surface area contributed by atoms with Crippen LogP contribution >= 0.6 is 11.6 Å². The van der Waals surface area contributed by atoms with E-state index in [0.29, 0.717) is 6.42 Å². The molecule has 0 spiro atoms. The molecule has 0 bridgehead atoms. The van der Waals surface area contributed by atoms with Gasteiger partial charge in [0.2, 0.25) is 0 Å². The minimum atomic E-state index is -0.629. The zero-order valence-electron chi connectivity index (χ0n) is 11.1. The van der Waals surface area contributed by atoms with Crippen molar-refractivity contribution in [3.8, 4) is 0 Å². The smallest absolute Gasteiger partial charge is 0.130 e. The van der Waals surface area contributed by atoms with E-state index in [1.54, 1.807) is 0 Å². The Hall–Kier alpha value is -2.00. The van der Waals surface area contributed by atoms with Crippen molar-refractivity contribution in [2.75, 3.05) is 0 Å². The summed E-state index contributed by atoms with van der Waals surface area (Å²) >= 11 is 6.25. The lowest BCUT2D eigenvalue weighted by Gasteiger charge is -2.11. The second-order valence-electron chi connectivity index (χ2n) is 4.83. The summed E-state index contributed by atoms with van der Waals surface area (Å²) in [6.45, 7) is 0. The highest BCUT2D eigenvalue weighted by Crippen LogP contribution is 2.27. The highest BCUT2D eigenvalue weighted by molar-refractivity contribution is 6.20. The van der Waals surface area contributed by atoms with Crippen molar-refractivity contribution in [2.45, 2.75) is 11.8 Å². The van der Waals surface area contributed by atoms with Crippen LogP contribution in [0.1, 0.15) is 16.6 Å². The molecule has 4 heteroatoms. The van der Waals surface area contributed by atoms with Crippen molar-refractivity contribution in [3.05, 3.63) is 77.5 Å². The number of rotatable bonds is 3. The van der Waals surface area contributed by atoms with Crippen molar-refractivity contribution in [1.82, 2.24) is 4.98 Å². The highest BCUT2D eigenvalue weighted by Gasteiger charge is 2.15. The number of hydrogen-bond acceptors (Lipinski definition) is 1. The SMILES string of the molecule is Fc1ccc(C(Cl)Cc2ccc3ccccc3n2)c(F)c1. The van der Waals surface area contributed by atoms with Gasteiger partial charge in [-0.3, -0.25) is 4.98 Å². The number of aromatic nitrogens is 1. The number of para-hydroxylation sites is 1. The number of pyridine rings is 1. The Morgan fingerprint density at radius 3 is 2.62 bits per heavy atom. The molecule has 0 aliphatic rings. The molecule has 2 aromatic carbocycles. The molecular formula is C17H12ClF2N. The van der Waals surface area contributed by atoms with Gasteiger partial charge in [-0.15, -0.1) is 11.6 Å². The number of fused-ring (bicyclic) bond motifs is 1. The second-order valence-corrected chi connectivity index (χ2v) is 5.36. The molecule has 1 nitrogen and oxygen atoms in total. The summed E-state index contributed by atoms with van der Waals surface area (Å²) in [4.78, 5) is 4.51. The molecule has 3 aromatic rings. The summed E-state index contributed by atoms with van der Waals surface area (Å²) in [7, 11) is 0. The zero-order chi connectivity index (χ0) is 14.8. The Bertz CT molecular complexity index is 789. The van der Waals surface area contributed by atoms with E-state index in [-0.39, 0.29) is 5.56 Å². The van der Waals surface area contributed by atoms with Crippen molar-refractivity contribution >= 4 is 22.5 Å². The summed E-state index contributed by atoms with van der Waals surface area (Å²) in [6.07, 6.45) is 0.384. The standard InChI is InChI=1S/C17H12ClF2N/c18-15(14-8-6-12(19)9-16(14)20)10-13-7-5-11-3-1-2-4-17(11)21-13/h1-9,15H,10H2. The van der Waals surface area contributed by atoms with Crippen LogP contribution in [0.15, 0.2) is 54.6 Å². The van der Waals surface area contributed by atoms with Crippen LogP contribution in [0.3, 0.4) is 0 Å². The Morgan fingerprint density at radius 1 is 1.00 bits per heavy atom. The second kappa shape index (κ2) is 5.78. The molecule has 1 heterocycles. The van der Waals surface area contributed by atoms with Crippen LogP contribution < -0.4 is 0 Å². The van der Waals surface area contributed by atoms with Crippen molar-refractivity contribution in [2.24, 2.45) is 0 Å². The van der Waals surface area contributed by atoms with Gasteiger partial charge in [-0.2, -0.15) is 0 Å². The van der Waals surface area contributed by atoms with E-state index >= 15 is 0 Å². The third kappa shape index (κ3) is 3.03. The lowest BCUT2D eigenvalue weighted by molar-refractivity contribution is 0.569. The molecule has 0 saturated heterocycles. The predicted octanol–water partition coefficient (Wildman–Crippen LogP) is 5.04. The van der Waals surface area contributed by atoms with Crippen molar-refractivity contribution < 1.29 is 8.78 Å². The van der Waals surface area contributed by atoms with E-state index in [2.05, 4.69) is 4.98 Å². The third-order valence-electron chi connectivity index (χ3n) is 3.34. The largest absolute Gasteiger partial charge is 0.253 e. The van der Waals surface area contributed by atoms with Crippen LogP contribution in [0.25, 0.3) is 10.9 Å². The first-order chi connectivity index (χ1) is 10.1. The van der Waals surface area contributed by atoms with E-state index in [0.717, 1.165) is 22.7 Å². The third-order valence-corrected chi connectivity index (χ3v) is 3.73. The Balaban J connectivity index is 1.87. The first kappa shape index (κ1) is 14.0. The van der Waals surface area contributed by atoms with Crippen molar-refractivity contribution in [1.29, 1.82) is 0 Å². The van der Waals surface area contributed by atoms with Crippen LogP contribution in [0.2, 0.25) is 0 Å². The lowest BCUT2D eigenvalue weighted by atomic mass is 10.1. The molecule has 0 radical (unpaired) electrons. The van der Waals surface area contributed by atoms with E-state index in [9.17, 15) is 8.78 Å². The van der Waals surface area contributed by atoms with Gasteiger partial charge in [-0.25, -0.2) is 8.78 Å². The van der Waals surface area contributed by atoms with Gasteiger partial charge in [-0.05, 0) is 18.2 Å². The maximum Gasteiger partial charge on any atom is 0.130 e. The first-order valence-electron chi connectivity index (χ1n) is 6.57. The number of alkyl halides is 1. The maximum atomic E-state index is 13.7. The Morgan fingerprint density at radius 2 is 1.81 bits per heavy atom. The average Bonchev–Trinajstić information content (AvgIpc) is 2.47. The molecule has 0 aliphatic heterocycles.